The maximum atomic E-state index is 15.5. The van der Waals surface area contributed by atoms with Gasteiger partial charge in [0.25, 0.3) is 0 Å². The Kier molecular flexibility index (Phi) is 38.6. The number of hydrogen-bond donors (Lipinski definition) is 14. The van der Waals surface area contributed by atoms with Crippen LogP contribution < -0.4 is 53.6 Å². The number of aliphatic carboxylic acids is 1. The van der Waals surface area contributed by atoms with Gasteiger partial charge in [-0.15, -0.1) is 11.8 Å². The first-order valence-corrected chi connectivity index (χ1v) is 44.3. The molecular weight excluding hydrogens is 1710 g/mol. The number of phenols is 2. The number of amides is 15. The average Bonchev–Trinajstić information content (AvgIpc) is 1.77. The summed E-state index contributed by atoms with van der Waals surface area (Å²) in [4.78, 5) is 244. The maximum absolute atomic E-state index is 15.5. The van der Waals surface area contributed by atoms with Crippen molar-refractivity contribution >= 4 is 129 Å². The fourth-order valence-electron chi connectivity index (χ4n) is 15.0. The SMILES string of the molecule is CCCC[C@H]1C(=O)N(C)CC(=O)N[C@@H](CC(=O)O)C(=O)N[C@@H](C(C)C)C(=O)N(C)[C@H](Cc2ccccc2)C(=O)N[C@@H](Cc2ccc(O)cc2)C(=O)N(C)CC(=O)N[C@@H](Cc2c[nH]c3ccc(Cl)cc23)C(=O)N[C@@H](Cc2ccc(O)cc2)C(=O)N[C@@H](CC(C)C)C(=O)N[C@H](C(=O)NCC(N)=O)CSCC(=O)N[C@@H](Cc2ccccc2)C(=O)N(C)[C@H](Cc2ccccc2)C(=O)N1C. The van der Waals surface area contributed by atoms with E-state index in [1.807, 2.05) is 6.92 Å². The van der Waals surface area contributed by atoms with Crippen LogP contribution in [0, 0.1) is 11.8 Å². The Morgan fingerprint density at radius 3 is 1.47 bits per heavy atom. The van der Waals surface area contributed by atoms with Crippen molar-refractivity contribution in [2.45, 2.75) is 172 Å². The number of aromatic amines is 1. The van der Waals surface area contributed by atoms with E-state index in [4.69, 9.17) is 17.3 Å². The van der Waals surface area contributed by atoms with Crippen molar-refractivity contribution < 1.29 is 92.0 Å². The number of carboxylic acid groups (broad SMARTS) is 1. The highest BCUT2D eigenvalue weighted by Gasteiger charge is 2.42. The van der Waals surface area contributed by atoms with Gasteiger partial charge in [0.1, 0.15) is 78.0 Å². The van der Waals surface area contributed by atoms with Gasteiger partial charge in [0, 0.05) is 102 Å². The molecular formula is C93H117ClN16O19S. The first kappa shape index (κ1) is 102. The molecule has 8 rings (SSSR count). The molecule has 0 radical (unpaired) electrons. The van der Waals surface area contributed by atoms with Gasteiger partial charge < -0.3 is 98.4 Å². The van der Waals surface area contributed by atoms with Gasteiger partial charge in [-0.2, -0.15) is 0 Å². The molecule has 130 heavy (non-hydrogen) atoms. The lowest BCUT2D eigenvalue weighted by atomic mass is 9.98. The highest BCUT2D eigenvalue weighted by molar-refractivity contribution is 8.00. The summed E-state index contributed by atoms with van der Waals surface area (Å²) in [6, 6.07) is 24.8. The number of nitrogens with one attached hydrogen (secondary N) is 10. The second-order valence-electron chi connectivity index (χ2n) is 33.2. The summed E-state index contributed by atoms with van der Waals surface area (Å²) >= 11 is 7.36. The second-order valence-corrected chi connectivity index (χ2v) is 34.7. The molecule has 7 aromatic rings. The minimum absolute atomic E-state index is 0.0272. The van der Waals surface area contributed by atoms with E-state index in [2.05, 4.69) is 52.8 Å². The third-order valence-electron chi connectivity index (χ3n) is 22.1. The number of unbranched alkanes of at least 4 members (excludes halogenated alkanes) is 1. The van der Waals surface area contributed by atoms with Crippen LogP contribution in [0.1, 0.15) is 100 Å². The van der Waals surface area contributed by atoms with Crippen molar-refractivity contribution in [3.63, 3.8) is 0 Å². The average molecular weight is 1830 g/mol. The Bertz CT molecular complexity index is 5130. The molecule has 0 saturated carbocycles. The standard InChI is InChI=1S/C93H117ClN16O19S/c1-11-12-28-74-91(127)107(7)51-79(115)99-70(47-81(117)118)87(123)105-82(55(4)5)93(129)109(9)75(43-57-24-18-14-19-25-57)88(124)103-71(42-60-31-36-64(112)37-32-60)89(125)106(6)50-78(114)98-69(45-61-48-96-66-38-33-62(94)46-65(61)66)86(122)102-68(40-59-29-34-63(111)35-30-59)85(121)101-67(39-54(2)3)84(120)104-73(83(119)97-49-77(95)113)52-130-53-80(116)100-72(41-56-22-16-13-17-23-56)90(126)110(10)76(92(128)108(74)8)44-58-26-20-15-21-27-58/h13-27,29-38,46,48,54-55,67-76,82,96,111-112H,11-12,28,39-45,47,49-53H2,1-10H3,(H2,95,113)(H,97,119)(H,98,114)(H,99,115)(H,100,116)(H,101,121)(H,102,122)(H,103,124)(H,104,120)(H,105,123)(H,117,118)/t67-,68-,69-,70-,71-,72-,73-,74-,75+,76+,82-/m0/s1. The number of carbonyl (C=O) groups is 16. The predicted molar refractivity (Wildman–Crippen MR) is 487 cm³/mol. The number of phenolic OH excluding ortho intramolecular Hbond substituents is 2. The number of aromatic nitrogens is 1. The number of rotatable bonds is 23. The van der Waals surface area contributed by atoms with Gasteiger partial charge in [-0.3, -0.25) is 76.7 Å². The smallest absolute Gasteiger partial charge is 0.305 e. The van der Waals surface area contributed by atoms with Crippen LogP contribution in [0.15, 0.2) is 164 Å². The van der Waals surface area contributed by atoms with Crippen LogP contribution in [0.2, 0.25) is 5.02 Å². The van der Waals surface area contributed by atoms with E-state index in [9.17, 15) is 53.7 Å². The Hall–Kier alpha value is -13.4. The van der Waals surface area contributed by atoms with Crippen molar-refractivity contribution in [3.8, 4) is 11.5 Å². The van der Waals surface area contributed by atoms with E-state index in [1.54, 1.807) is 143 Å². The Labute approximate surface area is 763 Å². The van der Waals surface area contributed by atoms with Gasteiger partial charge in [0.2, 0.25) is 88.6 Å². The molecule has 11 atom stereocenters. The van der Waals surface area contributed by atoms with E-state index in [-0.39, 0.29) is 68.8 Å². The van der Waals surface area contributed by atoms with Crippen molar-refractivity contribution in [3.05, 3.63) is 202 Å². The lowest BCUT2D eigenvalue weighted by molar-refractivity contribution is -0.151. The molecule has 1 fully saturated rings. The van der Waals surface area contributed by atoms with Crippen molar-refractivity contribution in [1.82, 2.24) is 77.3 Å². The van der Waals surface area contributed by atoms with Crippen LogP contribution in [0.5, 0.6) is 11.5 Å². The Morgan fingerprint density at radius 2 is 0.938 bits per heavy atom. The molecule has 1 saturated heterocycles. The van der Waals surface area contributed by atoms with Crippen LogP contribution in [-0.4, -0.2) is 272 Å². The Morgan fingerprint density at radius 1 is 0.485 bits per heavy atom. The molecule has 6 aromatic carbocycles. The largest absolute Gasteiger partial charge is 0.508 e. The van der Waals surface area contributed by atoms with E-state index >= 15 is 38.4 Å². The van der Waals surface area contributed by atoms with Crippen molar-refractivity contribution in [1.29, 1.82) is 0 Å². The Balaban J connectivity index is 1.22. The molecule has 1 aliphatic rings. The topological polar surface area (TPSA) is 500 Å². The number of benzene rings is 6. The zero-order chi connectivity index (χ0) is 95.2. The fourth-order valence-corrected chi connectivity index (χ4v) is 16.0. The van der Waals surface area contributed by atoms with E-state index in [1.165, 1.54) is 93.6 Å². The molecule has 15 N–H and O–H groups in total. The van der Waals surface area contributed by atoms with E-state index < -0.39 is 205 Å². The molecule has 0 spiro atoms. The number of fused-ring (bicyclic) bond motifs is 1. The zero-order valence-corrected chi connectivity index (χ0v) is 76.0. The molecule has 696 valence electrons. The molecule has 0 bridgehead atoms. The summed E-state index contributed by atoms with van der Waals surface area (Å²) in [6.45, 7) is 6.12. The number of hydrogen-bond acceptors (Lipinski definition) is 19. The van der Waals surface area contributed by atoms with Crippen LogP contribution in [0.4, 0.5) is 0 Å². The lowest BCUT2D eigenvalue weighted by Crippen LogP contribution is -2.61. The molecule has 1 aliphatic heterocycles. The summed E-state index contributed by atoms with van der Waals surface area (Å²) in [5.41, 5.74) is 8.92. The number of H-pyrrole nitrogens is 1. The number of nitrogens with two attached hydrogens (primary N) is 1. The summed E-state index contributed by atoms with van der Waals surface area (Å²) in [6.07, 6.45) is -0.0801. The quantitative estimate of drug-likeness (QED) is 0.0438. The van der Waals surface area contributed by atoms with Crippen LogP contribution in [-0.2, 0) is 115 Å². The molecule has 37 heteroatoms. The number of carbonyl (C=O) groups excluding carboxylic acids is 15. The first-order chi connectivity index (χ1) is 61.8. The molecule has 0 aliphatic carbocycles. The fraction of sp³-hybridized carbons (Fsp3) is 0.419. The predicted octanol–water partition coefficient (Wildman–Crippen LogP) is 2.98. The zero-order valence-electron chi connectivity index (χ0n) is 74.4. The highest BCUT2D eigenvalue weighted by atomic mass is 35.5. The lowest BCUT2D eigenvalue weighted by Gasteiger charge is -2.37. The van der Waals surface area contributed by atoms with Gasteiger partial charge in [0.05, 0.1) is 31.8 Å². The number of carboxylic acids is 1. The van der Waals surface area contributed by atoms with Gasteiger partial charge in [-0.1, -0.05) is 174 Å². The molecule has 1 aromatic heterocycles. The molecule has 35 nitrogen and oxygen atoms in total. The van der Waals surface area contributed by atoms with Gasteiger partial charge in [0.15, 0.2) is 0 Å². The molecule has 0 unspecified atom stereocenters. The number of likely N-dealkylation sites (N-methyl/N-ethyl adjacent to an activating group) is 5. The van der Waals surface area contributed by atoms with Gasteiger partial charge in [-0.25, -0.2) is 0 Å². The van der Waals surface area contributed by atoms with Crippen molar-refractivity contribution in [2.75, 3.05) is 66.4 Å². The number of primary amides is 1. The number of halogens is 1. The monoisotopic (exact) mass is 1830 g/mol. The van der Waals surface area contributed by atoms with Crippen molar-refractivity contribution in [2.24, 2.45) is 17.6 Å². The normalized spacial score (nSPS) is 21.8. The van der Waals surface area contributed by atoms with Gasteiger partial charge >= 0.3 is 5.97 Å². The van der Waals surface area contributed by atoms with Crippen LogP contribution in [0.25, 0.3) is 10.9 Å². The maximum Gasteiger partial charge on any atom is 0.305 e. The molecule has 2 heterocycles. The number of aromatic hydroxyl groups is 2. The van der Waals surface area contributed by atoms with Crippen LogP contribution in [0.3, 0.4) is 0 Å². The highest BCUT2D eigenvalue weighted by Crippen LogP contribution is 2.26. The third kappa shape index (κ3) is 30.7. The third-order valence-corrected chi connectivity index (χ3v) is 23.4. The van der Waals surface area contributed by atoms with Gasteiger partial charge in [-0.05, 0) is 101 Å². The number of nitrogens with zero attached hydrogens (tertiary/aromatic N) is 5. The second kappa shape index (κ2) is 49.2. The van der Waals surface area contributed by atoms with Crippen LogP contribution >= 0.6 is 23.4 Å². The minimum atomic E-state index is -1.91. The number of thioether (sulfide) groups is 1. The minimum Gasteiger partial charge on any atom is -0.508 e. The first-order valence-electron chi connectivity index (χ1n) is 42.8. The summed E-state index contributed by atoms with van der Waals surface area (Å²) in [5.74, 6) is -17.6. The summed E-state index contributed by atoms with van der Waals surface area (Å²) in [5, 5.41) is 55.7. The summed E-state index contributed by atoms with van der Waals surface area (Å²) < 4.78 is 0. The molecule has 15 amide bonds. The van der Waals surface area contributed by atoms with E-state index in [0.29, 0.717) is 62.1 Å². The van der Waals surface area contributed by atoms with E-state index in [0.717, 1.165) is 26.5 Å². The summed E-state index contributed by atoms with van der Waals surface area (Å²) in [7, 11) is 6.51.